The van der Waals surface area contributed by atoms with Crippen molar-refractivity contribution in [2.45, 2.75) is 31.7 Å². The first-order chi connectivity index (χ1) is 9.65. The van der Waals surface area contributed by atoms with Crippen molar-refractivity contribution in [1.29, 1.82) is 0 Å². The summed E-state index contributed by atoms with van der Waals surface area (Å²) in [6, 6.07) is 0.602. The molecule has 5 nitrogen and oxygen atoms in total. The van der Waals surface area contributed by atoms with Gasteiger partial charge < -0.3 is 10.2 Å². The third kappa shape index (κ3) is 2.99. The van der Waals surface area contributed by atoms with Crippen LogP contribution in [0.3, 0.4) is 0 Å². The molecule has 1 aliphatic heterocycles. The Morgan fingerprint density at radius 3 is 2.70 bits per heavy atom. The molecule has 0 amide bonds. The Morgan fingerprint density at radius 1 is 1.35 bits per heavy atom. The second-order valence-corrected chi connectivity index (χ2v) is 6.26. The van der Waals surface area contributed by atoms with Crippen LogP contribution >= 0.6 is 11.6 Å². The Kier molecular flexibility index (Phi) is 3.98. The van der Waals surface area contributed by atoms with Gasteiger partial charge in [-0.15, -0.1) is 0 Å². The van der Waals surface area contributed by atoms with E-state index < -0.39 is 0 Å². The average molecular weight is 297 g/mol. The lowest BCUT2D eigenvalue weighted by Gasteiger charge is -2.34. The van der Waals surface area contributed by atoms with Crippen LogP contribution < -0.4 is 15.8 Å². The lowest BCUT2D eigenvalue weighted by atomic mass is 10.0. The van der Waals surface area contributed by atoms with Gasteiger partial charge in [-0.25, -0.2) is 4.68 Å². The Labute approximate surface area is 123 Å². The highest BCUT2D eigenvalue weighted by atomic mass is 35.5. The molecule has 1 saturated carbocycles. The molecule has 2 fully saturated rings. The number of anilines is 1. The van der Waals surface area contributed by atoms with Crippen molar-refractivity contribution in [3.05, 3.63) is 21.6 Å². The van der Waals surface area contributed by atoms with E-state index in [1.54, 1.807) is 13.2 Å². The number of hydrogen-bond acceptors (Lipinski definition) is 4. The third-order valence-corrected chi connectivity index (χ3v) is 4.64. The summed E-state index contributed by atoms with van der Waals surface area (Å²) < 4.78 is 1.27. The third-order valence-electron chi connectivity index (χ3n) is 4.29. The SMILES string of the molecule is Cn1ncc(N2CCC(NCC3CC3)CC2)c(Cl)c1=O. The Balaban J connectivity index is 1.60. The van der Waals surface area contributed by atoms with Gasteiger partial charge in [-0.3, -0.25) is 4.79 Å². The summed E-state index contributed by atoms with van der Waals surface area (Å²) in [5, 5.41) is 8.00. The zero-order valence-electron chi connectivity index (χ0n) is 11.8. The maximum atomic E-state index is 11.8. The Morgan fingerprint density at radius 2 is 2.05 bits per heavy atom. The zero-order valence-corrected chi connectivity index (χ0v) is 12.6. The number of hydrogen-bond donors (Lipinski definition) is 1. The van der Waals surface area contributed by atoms with Gasteiger partial charge in [0, 0.05) is 26.2 Å². The molecule has 0 bridgehead atoms. The van der Waals surface area contributed by atoms with Gasteiger partial charge in [-0.1, -0.05) is 11.6 Å². The monoisotopic (exact) mass is 296 g/mol. The van der Waals surface area contributed by atoms with Crippen molar-refractivity contribution in [1.82, 2.24) is 15.1 Å². The molecule has 20 heavy (non-hydrogen) atoms. The van der Waals surface area contributed by atoms with Gasteiger partial charge in [-0.2, -0.15) is 5.10 Å². The fourth-order valence-electron chi connectivity index (χ4n) is 2.70. The van der Waals surface area contributed by atoms with E-state index in [4.69, 9.17) is 11.6 Å². The number of rotatable bonds is 4. The second kappa shape index (κ2) is 5.74. The van der Waals surface area contributed by atoms with E-state index in [9.17, 15) is 4.79 Å². The fourth-order valence-corrected chi connectivity index (χ4v) is 2.99. The minimum atomic E-state index is -0.224. The molecular formula is C14H21ClN4O. The summed E-state index contributed by atoms with van der Waals surface area (Å²) in [5.74, 6) is 0.920. The number of aromatic nitrogens is 2. The van der Waals surface area contributed by atoms with Crippen molar-refractivity contribution in [3.8, 4) is 0 Å². The molecule has 0 unspecified atom stereocenters. The molecular weight excluding hydrogens is 276 g/mol. The fraction of sp³-hybridized carbons (Fsp3) is 0.714. The van der Waals surface area contributed by atoms with Crippen LogP contribution in [0.15, 0.2) is 11.0 Å². The van der Waals surface area contributed by atoms with E-state index in [0.29, 0.717) is 6.04 Å². The molecule has 0 spiro atoms. The summed E-state index contributed by atoms with van der Waals surface area (Å²) in [5.41, 5.74) is 0.550. The summed E-state index contributed by atoms with van der Waals surface area (Å²) in [4.78, 5) is 14.0. The van der Waals surface area contributed by atoms with Gasteiger partial charge in [-0.05, 0) is 38.1 Å². The van der Waals surface area contributed by atoms with E-state index in [1.807, 2.05) is 0 Å². The number of nitrogens with one attached hydrogen (secondary N) is 1. The van der Waals surface area contributed by atoms with Crippen LogP contribution in [0.25, 0.3) is 0 Å². The maximum Gasteiger partial charge on any atom is 0.287 e. The summed E-state index contributed by atoms with van der Waals surface area (Å²) >= 11 is 6.15. The number of nitrogens with zero attached hydrogens (tertiary/aromatic N) is 3. The van der Waals surface area contributed by atoms with E-state index in [2.05, 4.69) is 15.3 Å². The van der Waals surface area contributed by atoms with Crippen LogP contribution in [-0.4, -0.2) is 35.5 Å². The lowest BCUT2D eigenvalue weighted by molar-refractivity contribution is 0.408. The van der Waals surface area contributed by atoms with Crippen LogP contribution in [0.2, 0.25) is 5.02 Å². The number of halogens is 1. The minimum Gasteiger partial charge on any atom is -0.369 e. The van der Waals surface area contributed by atoms with Crippen LogP contribution in [-0.2, 0) is 7.05 Å². The molecule has 1 N–H and O–H groups in total. The first-order valence-electron chi connectivity index (χ1n) is 7.35. The van der Waals surface area contributed by atoms with Gasteiger partial charge in [0.1, 0.15) is 5.02 Å². The van der Waals surface area contributed by atoms with E-state index in [-0.39, 0.29) is 10.6 Å². The largest absolute Gasteiger partial charge is 0.369 e. The van der Waals surface area contributed by atoms with Crippen molar-refractivity contribution >= 4 is 17.3 Å². The average Bonchev–Trinajstić information content (AvgIpc) is 3.28. The van der Waals surface area contributed by atoms with Crippen molar-refractivity contribution < 1.29 is 0 Å². The molecule has 0 aromatic carbocycles. The van der Waals surface area contributed by atoms with Gasteiger partial charge in [0.25, 0.3) is 5.56 Å². The van der Waals surface area contributed by atoms with E-state index in [1.165, 1.54) is 24.1 Å². The maximum absolute atomic E-state index is 11.8. The molecule has 0 radical (unpaired) electrons. The Bertz CT molecular complexity index is 532. The quantitative estimate of drug-likeness (QED) is 0.912. The number of piperidine rings is 1. The molecule has 110 valence electrons. The standard InChI is InChI=1S/C14H21ClN4O/c1-18-14(20)13(15)12(9-17-18)19-6-4-11(5-7-19)16-8-10-2-3-10/h9-11,16H,2-8H2,1H3. The molecule has 6 heteroatoms. The molecule has 2 heterocycles. The highest BCUT2D eigenvalue weighted by Gasteiger charge is 2.25. The normalized spacial score (nSPS) is 20.4. The second-order valence-electron chi connectivity index (χ2n) is 5.89. The first kappa shape index (κ1) is 13.9. The van der Waals surface area contributed by atoms with Crippen molar-refractivity contribution in [2.24, 2.45) is 13.0 Å². The molecule has 1 aliphatic carbocycles. The van der Waals surface area contributed by atoms with Gasteiger partial charge in [0.05, 0.1) is 11.9 Å². The van der Waals surface area contributed by atoms with Crippen LogP contribution in [0.5, 0.6) is 0 Å². The molecule has 1 aromatic rings. The summed E-state index contributed by atoms with van der Waals surface area (Å²) in [6.07, 6.45) is 6.67. The minimum absolute atomic E-state index is 0.224. The van der Waals surface area contributed by atoms with Crippen molar-refractivity contribution in [3.63, 3.8) is 0 Å². The van der Waals surface area contributed by atoms with Crippen LogP contribution in [0, 0.1) is 5.92 Å². The van der Waals surface area contributed by atoms with E-state index in [0.717, 1.165) is 37.5 Å². The smallest absolute Gasteiger partial charge is 0.287 e. The zero-order chi connectivity index (χ0) is 14.1. The molecule has 2 aliphatic rings. The van der Waals surface area contributed by atoms with Crippen LogP contribution in [0.4, 0.5) is 5.69 Å². The molecule has 1 aromatic heterocycles. The van der Waals surface area contributed by atoms with Crippen LogP contribution in [0.1, 0.15) is 25.7 Å². The molecule has 3 rings (SSSR count). The Hall–Kier alpha value is -1.07. The van der Waals surface area contributed by atoms with E-state index >= 15 is 0 Å². The highest BCUT2D eigenvalue weighted by Crippen LogP contribution is 2.29. The predicted octanol–water partition coefficient (Wildman–Crippen LogP) is 1.40. The molecule has 0 atom stereocenters. The summed E-state index contributed by atoms with van der Waals surface area (Å²) in [6.45, 7) is 3.02. The lowest BCUT2D eigenvalue weighted by Crippen LogP contribution is -2.43. The summed E-state index contributed by atoms with van der Waals surface area (Å²) in [7, 11) is 1.62. The van der Waals surface area contributed by atoms with Gasteiger partial charge >= 0.3 is 0 Å². The topological polar surface area (TPSA) is 50.2 Å². The predicted molar refractivity (Wildman–Crippen MR) is 80.4 cm³/mol. The van der Waals surface area contributed by atoms with Gasteiger partial charge in [0.2, 0.25) is 0 Å². The van der Waals surface area contributed by atoms with Crippen molar-refractivity contribution in [2.75, 3.05) is 24.5 Å². The van der Waals surface area contributed by atoms with Gasteiger partial charge in [0.15, 0.2) is 0 Å². The highest BCUT2D eigenvalue weighted by molar-refractivity contribution is 6.33. The molecule has 1 saturated heterocycles. The first-order valence-corrected chi connectivity index (χ1v) is 7.73. The number of aryl methyl sites for hydroxylation is 1.